The Morgan fingerprint density at radius 3 is 2.37 bits per heavy atom. The number of likely N-dealkylation sites (N-methyl/N-ethyl adjacent to an activating group) is 1. The van der Waals surface area contributed by atoms with Gasteiger partial charge >= 0.3 is 0 Å². The fourth-order valence-electron chi connectivity index (χ4n) is 7.26. The molecular formula is C30H42N4O4. The van der Waals surface area contributed by atoms with Crippen molar-refractivity contribution in [3.63, 3.8) is 0 Å². The topological polar surface area (TPSA) is 82.2 Å². The SMILES string of the molecule is CCN1CCN(c2ccc(C(=O)N[C@H](C(=O)N3C[C@H](C4CC4)[C@H]4OCC(=O)[C@H]43)C3CCCCC3)cc2)CC1. The minimum Gasteiger partial charge on any atom is -0.369 e. The molecule has 5 fully saturated rings. The molecule has 4 atom stereocenters. The molecule has 0 spiro atoms. The highest BCUT2D eigenvalue weighted by Gasteiger charge is 2.56. The van der Waals surface area contributed by atoms with Crippen LogP contribution in [0.5, 0.6) is 0 Å². The number of anilines is 1. The lowest BCUT2D eigenvalue weighted by Crippen LogP contribution is -2.55. The largest absolute Gasteiger partial charge is 0.369 e. The summed E-state index contributed by atoms with van der Waals surface area (Å²) in [7, 11) is 0. The molecule has 38 heavy (non-hydrogen) atoms. The molecule has 6 rings (SSSR count). The Hall–Kier alpha value is -2.45. The van der Waals surface area contributed by atoms with Crippen molar-refractivity contribution < 1.29 is 19.1 Å². The number of hydrogen-bond acceptors (Lipinski definition) is 6. The third-order valence-electron chi connectivity index (χ3n) is 9.72. The molecule has 0 unspecified atom stereocenters. The molecule has 1 aromatic rings. The summed E-state index contributed by atoms with van der Waals surface area (Å²) in [6, 6.07) is 6.72. The lowest BCUT2D eigenvalue weighted by Gasteiger charge is -2.35. The molecule has 0 bridgehead atoms. The lowest BCUT2D eigenvalue weighted by molar-refractivity contribution is -0.139. The van der Waals surface area contributed by atoms with Crippen molar-refractivity contribution in [2.75, 3.05) is 50.8 Å². The van der Waals surface area contributed by atoms with E-state index in [1.807, 2.05) is 24.3 Å². The number of ether oxygens (including phenoxy) is 1. The summed E-state index contributed by atoms with van der Waals surface area (Å²) in [6.07, 6.45) is 7.31. The van der Waals surface area contributed by atoms with E-state index in [1.54, 1.807) is 4.90 Å². The third-order valence-corrected chi connectivity index (χ3v) is 9.72. The number of likely N-dealkylation sites (tertiary alicyclic amines) is 1. The van der Waals surface area contributed by atoms with Crippen LogP contribution in [-0.2, 0) is 14.3 Å². The molecule has 3 heterocycles. The van der Waals surface area contributed by atoms with Crippen LogP contribution in [0.25, 0.3) is 0 Å². The maximum Gasteiger partial charge on any atom is 0.251 e. The number of nitrogens with zero attached hydrogens (tertiary/aromatic N) is 3. The molecule has 8 heteroatoms. The Balaban J connectivity index is 1.17. The summed E-state index contributed by atoms with van der Waals surface area (Å²) in [4.78, 5) is 46.9. The maximum atomic E-state index is 14.1. The first-order chi connectivity index (χ1) is 18.5. The molecule has 2 aliphatic carbocycles. The van der Waals surface area contributed by atoms with E-state index in [1.165, 1.54) is 6.42 Å². The van der Waals surface area contributed by atoms with Crippen molar-refractivity contribution in [2.45, 2.75) is 70.1 Å². The number of carbonyl (C=O) groups is 3. The van der Waals surface area contributed by atoms with Crippen molar-refractivity contribution in [3.05, 3.63) is 29.8 Å². The van der Waals surface area contributed by atoms with Crippen LogP contribution < -0.4 is 10.2 Å². The van der Waals surface area contributed by atoms with E-state index in [0.717, 1.165) is 76.9 Å². The molecule has 2 saturated carbocycles. The van der Waals surface area contributed by atoms with Gasteiger partial charge in [0, 0.05) is 49.9 Å². The highest BCUT2D eigenvalue weighted by atomic mass is 16.5. The van der Waals surface area contributed by atoms with Crippen molar-refractivity contribution >= 4 is 23.3 Å². The monoisotopic (exact) mass is 522 g/mol. The van der Waals surface area contributed by atoms with Crippen LogP contribution in [0, 0.1) is 17.8 Å². The molecule has 5 aliphatic rings. The quantitative estimate of drug-likeness (QED) is 0.593. The second kappa shape index (κ2) is 11.0. The average Bonchev–Trinajstić information content (AvgIpc) is 3.64. The number of nitrogens with one attached hydrogen (secondary N) is 1. The molecule has 0 radical (unpaired) electrons. The average molecular weight is 523 g/mol. The van der Waals surface area contributed by atoms with Gasteiger partial charge in [0.15, 0.2) is 5.78 Å². The Morgan fingerprint density at radius 2 is 1.71 bits per heavy atom. The number of piperazine rings is 1. The zero-order valence-electron chi connectivity index (χ0n) is 22.6. The van der Waals surface area contributed by atoms with Gasteiger partial charge in [-0.25, -0.2) is 0 Å². The second-order valence-electron chi connectivity index (χ2n) is 12.0. The van der Waals surface area contributed by atoms with Gasteiger partial charge in [0.25, 0.3) is 5.91 Å². The minimum atomic E-state index is -0.600. The van der Waals surface area contributed by atoms with Crippen LogP contribution in [-0.4, -0.2) is 91.5 Å². The summed E-state index contributed by atoms with van der Waals surface area (Å²) < 4.78 is 5.90. The van der Waals surface area contributed by atoms with Gasteiger partial charge in [0.05, 0.1) is 6.10 Å². The predicted molar refractivity (Wildman–Crippen MR) is 145 cm³/mol. The van der Waals surface area contributed by atoms with Gasteiger partial charge in [-0.2, -0.15) is 0 Å². The molecule has 1 aromatic carbocycles. The van der Waals surface area contributed by atoms with Gasteiger partial charge in [0.1, 0.15) is 18.7 Å². The summed E-state index contributed by atoms with van der Waals surface area (Å²) >= 11 is 0. The minimum absolute atomic E-state index is 0.00980. The standard InChI is InChI=1S/C30H42N4O4/c1-2-32-14-16-33(17-15-32)23-12-10-22(11-13-23)29(36)31-26(21-6-4-3-5-7-21)30(37)34-18-24(20-8-9-20)28-27(34)25(35)19-38-28/h10-13,20-21,24,26-28H,2-9,14-19H2,1H3,(H,31,36)/t24-,26+,27-,28-/m1/s1. The summed E-state index contributed by atoms with van der Waals surface area (Å²) in [6.45, 7) is 8.03. The number of amides is 2. The number of carbonyl (C=O) groups excluding carboxylic acids is 3. The van der Waals surface area contributed by atoms with E-state index in [2.05, 4.69) is 22.0 Å². The number of Topliss-reactive ketones (excluding diaryl/α,β-unsaturated/α-hetero) is 1. The van der Waals surface area contributed by atoms with Crippen LogP contribution in [0.15, 0.2) is 24.3 Å². The van der Waals surface area contributed by atoms with Crippen molar-refractivity contribution in [2.24, 2.45) is 17.8 Å². The fraction of sp³-hybridized carbons (Fsp3) is 0.700. The summed E-state index contributed by atoms with van der Waals surface area (Å²) in [5.41, 5.74) is 1.70. The van der Waals surface area contributed by atoms with E-state index < -0.39 is 12.1 Å². The number of rotatable bonds is 7. The van der Waals surface area contributed by atoms with E-state index in [-0.39, 0.29) is 42.1 Å². The molecule has 3 saturated heterocycles. The molecule has 8 nitrogen and oxygen atoms in total. The van der Waals surface area contributed by atoms with E-state index in [4.69, 9.17) is 4.74 Å². The molecular weight excluding hydrogens is 480 g/mol. The van der Waals surface area contributed by atoms with E-state index in [0.29, 0.717) is 18.0 Å². The Bertz CT molecular complexity index is 1030. The van der Waals surface area contributed by atoms with E-state index in [9.17, 15) is 14.4 Å². The number of benzene rings is 1. The summed E-state index contributed by atoms with van der Waals surface area (Å²) in [5, 5.41) is 3.14. The van der Waals surface area contributed by atoms with Gasteiger partial charge in [-0.15, -0.1) is 0 Å². The fourth-order valence-corrected chi connectivity index (χ4v) is 7.26. The number of fused-ring (bicyclic) bond motifs is 1. The van der Waals surface area contributed by atoms with Gasteiger partial charge in [-0.05, 0) is 68.3 Å². The number of hydrogen-bond donors (Lipinski definition) is 1. The Labute approximate surface area is 226 Å². The smallest absolute Gasteiger partial charge is 0.251 e. The van der Waals surface area contributed by atoms with Gasteiger partial charge in [0.2, 0.25) is 5.91 Å². The molecule has 3 aliphatic heterocycles. The van der Waals surface area contributed by atoms with Crippen molar-refractivity contribution in [1.29, 1.82) is 0 Å². The first-order valence-corrected chi connectivity index (χ1v) is 14.9. The normalized spacial score (nSPS) is 29.4. The van der Waals surface area contributed by atoms with Crippen molar-refractivity contribution in [1.82, 2.24) is 15.1 Å². The second-order valence-corrected chi connectivity index (χ2v) is 12.0. The Kier molecular flexibility index (Phi) is 7.45. The summed E-state index contributed by atoms with van der Waals surface area (Å²) in [5.74, 6) is 0.607. The zero-order valence-corrected chi connectivity index (χ0v) is 22.6. The van der Waals surface area contributed by atoms with Gasteiger partial charge in [-0.3, -0.25) is 14.4 Å². The molecule has 1 N–H and O–H groups in total. The Morgan fingerprint density at radius 1 is 1.00 bits per heavy atom. The molecule has 0 aromatic heterocycles. The third kappa shape index (κ3) is 5.09. The first-order valence-electron chi connectivity index (χ1n) is 14.9. The van der Waals surface area contributed by atoms with Crippen LogP contribution >= 0.6 is 0 Å². The molecule has 2 amide bonds. The zero-order chi connectivity index (χ0) is 26.2. The highest BCUT2D eigenvalue weighted by Crippen LogP contribution is 2.46. The lowest BCUT2D eigenvalue weighted by atomic mass is 9.83. The number of ketones is 1. The van der Waals surface area contributed by atoms with Crippen LogP contribution in [0.2, 0.25) is 0 Å². The van der Waals surface area contributed by atoms with Crippen LogP contribution in [0.1, 0.15) is 62.2 Å². The van der Waals surface area contributed by atoms with Gasteiger partial charge in [-0.1, -0.05) is 26.2 Å². The van der Waals surface area contributed by atoms with Crippen LogP contribution in [0.3, 0.4) is 0 Å². The predicted octanol–water partition coefficient (Wildman–Crippen LogP) is 2.71. The highest BCUT2D eigenvalue weighted by molar-refractivity contribution is 5.99. The van der Waals surface area contributed by atoms with Crippen LogP contribution in [0.4, 0.5) is 5.69 Å². The van der Waals surface area contributed by atoms with Gasteiger partial charge < -0.3 is 24.8 Å². The van der Waals surface area contributed by atoms with E-state index >= 15 is 0 Å². The first kappa shape index (κ1) is 25.8. The molecule has 206 valence electrons. The van der Waals surface area contributed by atoms with Crippen molar-refractivity contribution in [3.8, 4) is 0 Å². The maximum absolute atomic E-state index is 14.1.